The molecule has 0 spiro atoms. The molecule has 1 fully saturated rings. The number of anilines is 1. The third kappa shape index (κ3) is 4.24. The Morgan fingerprint density at radius 2 is 1.93 bits per heavy atom. The zero-order valence-electron chi connectivity index (χ0n) is 16.7. The molecule has 1 saturated heterocycles. The van der Waals surface area contributed by atoms with Crippen molar-refractivity contribution in [3.8, 4) is 5.75 Å². The fourth-order valence-corrected chi connectivity index (χ4v) is 4.36. The lowest BCUT2D eigenvalue weighted by Gasteiger charge is -2.35. The molecular formula is C22H24N4O2S. The number of hydrogen-bond acceptors (Lipinski definition) is 7. The molecule has 0 amide bonds. The number of ketones is 1. The van der Waals surface area contributed by atoms with Crippen molar-refractivity contribution in [2.75, 3.05) is 38.2 Å². The predicted molar refractivity (Wildman–Crippen MR) is 117 cm³/mol. The molecule has 2 aromatic heterocycles. The maximum absolute atomic E-state index is 12.4. The van der Waals surface area contributed by atoms with Gasteiger partial charge < -0.3 is 14.5 Å². The van der Waals surface area contributed by atoms with Crippen LogP contribution in [0.4, 0.5) is 5.82 Å². The van der Waals surface area contributed by atoms with Gasteiger partial charge in [0.15, 0.2) is 5.78 Å². The number of aryl methyl sites for hydroxylation is 1. The summed E-state index contributed by atoms with van der Waals surface area (Å²) in [6.45, 7) is 5.59. The number of thiophene rings is 1. The van der Waals surface area contributed by atoms with Crippen molar-refractivity contribution in [1.29, 1.82) is 0 Å². The van der Waals surface area contributed by atoms with Crippen LogP contribution in [0.25, 0.3) is 10.2 Å². The Bertz CT molecular complexity index is 1020. The minimum Gasteiger partial charge on any atom is -0.497 e. The van der Waals surface area contributed by atoms with E-state index < -0.39 is 0 Å². The minimum atomic E-state index is -0.00189. The number of carbonyl (C=O) groups excluding carboxylic acids is 1. The van der Waals surface area contributed by atoms with Crippen molar-refractivity contribution >= 4 is 33.2 Å². The van der Waals surface area contributed by atoms with Crippen LogP contribution >= 0.6 is 11.3 Å². The Hall–Kier alpha value is -2.93. The number of nitrogens with zero attached hydrogens (tertiary/aromatic N) is 4. The van der Waals surface area contributed by atoms with Crippen molar-refractivity contribution in [2.45, 2.75) is 13.3 Å². The Kier molecular flexibility index (Phi) is 5.76. The van der Waals surface area contributed by atoms with E-state index in [0.29, 0.717) is 5.56 Å². The van der Waals surface area contributed by atoms with E-state index >= 15 is 0 Å². The molecular weight excluding hydrogens is 384 g/mol. The lowest BCUT2D eigenvalue weighted by atomic mass is 10.1. The molecule has 0 aliphatic carbocycles. The average Bonchev–Trinajstić information content (AvgIpc) is 3.21. The van der Waals surface area contributed by atoms with Gasteiger partial charge in [-0.05, 0) is 36.8 Å². The van der Waals surface area contributed by atoms with E-state index in [9.17, 15) is 4.79 Å². The third-order valence-corrected chi connectivity index (χ3v) is 6.32. The maximum atomic E-state index is 12.4. The molecule has 4 rings (SSSR count). The first-order chi connectivity index (χ1) is 14.2. The first-order valence-electron chi connectivity index (χ1n) is 9.77. The lowest BCUT2D eigenvalue weighted by Crippen LogP contribution is -2.44. The van der Waals surface area contributed by atoms with Crippen LogP contribution in [0.15, 0.2) is 48.9 Å². The zero-order chi connectivity index (χ0) is 20.2. The number of fused-ring (bicyclic) bond motifs is 1. The normalized spacial score (nSPS) is 14.7. The monoisotopic (exact) mass is 408 g/mol. The van der Waals surface area contributed by atoms with Gasteiger partial charge in [-0.15, -0.1) is 11.3 Å². The fraction of sp³-hybridized carbons (Fsp3) is 0.318. The van der Waals surface area contributed by atoms with Crippen LogP contribution in [0.5, 0.6) is 5.75 Å². The molecule has 0 radical (unpaired) electrons. The summed E-state index contributed by atoms with van der Waals surface area (Å²) in [5, 5.41) is 1.15. The van der Waals surface area contributed by atoms with Crippen LogP contribution in [0, 0.1) is 0 Å². The zero-order valence-corrected chi connectivity index (χ0v) is 17.5. The quantitative estimate of drug-likeness (QED) is 0.457. The number of benzene rings is 1. The number of piperazine rings is 1. The van der Waals surface area contributed by atoms with Crippen molar-refractivity contribution in [3.05, 3.63) is 59.4 Å². The van der Waals surface area contributed by atoms with E-state index in [2.05, 4.69) is 32.8 Å². The van der Waals surface area contributed by atoms with Crippen LogP contribution in [-0.4, -0.2) is 53.9 Å². The summed E-state index contributed by atoms with van der Waals surface area (Å²) in [6, 6.07) is 9.40. The van der Waals surface area contributed by atoms with Crippen LogP contribution in [-0.2, 0) is 6.42 Å². The molecule has 1 aliphatic rings. The molecule has 1 aromatic carbocycles. The van der Waals surface area contributed by atoms with Gasteiger partial charge in [-0.3, -0.25) is 4.79 Å². The van der Waals surface area contributed by atoms with Crippen LogP contribution < -0.4 is 9.64 Å². The summed E-state index contributed by atoms with van der Waals surface area (Å²) in [5.74, 6) is 1.76. The third-order valence-electron chi connectivity index (χ3n) is 5.13. The number of aromatic nitrogens is 2. The lowest BCUT2D eigenvalue weighted by molar-refractivity contribution is 0.104. The average molecular weight is 409 g/mol. The summed E-state index contributed by atoms with van der Waals surface area (Å²) in [5.41, 5.74) is 0.660. The van der Waals surface area contributed by atoms with Gasteiger partial charge in [0, 0.05) is 48.9 Å². The predicted octanol–water partition coefficient (Wildman–Crippen LogP) is 3.78. The summed E-state index contributed by atoms with van der Waals surface area (Å²) in [7, 11) is 1.62. The maximum Gasteiger partial charge on any atom is 0.187 e. The standard InChI is InChI=1S/C22H24N4O2S/c1-3-18-14-19-21(23-15-24-22(19)29-18)26-12-10-25(11-13-26)9-8-20(27)16-4-6-17(28-2)7-5-16/h4-9,14-15H,3,10-13H2,1-2H3. The number of hydrogen-bond donors (Lipinski definition) is 0. The summed E-state index contributed by atoms with van der Waals surface area (Å²) in [6.07, 6.45) is 6.22. The van der Waals surface area contributed by atoms with Crippen molar-refractivity contribution in [3.63, 3.8) is 0 Å². The van der Waals surface area contributed by atoms with Gasteiger partial charge in [0.2, 0.25) is 0 Å². The van der Waals surface area contributed by atoms with Gasteiger partial charge in [-0.1, -0.05) is 6.92 Å². The number of carbonyl (C=O) groups is 1. The van der Waals surface area contributed by atoms with Gasteiger partial charge in [-0.2, -0.15) is 0 Å². The Labute approximate surface area is 174 Å². The smallest absolute Gasteiger partial charge is 0.187 e. The van der Waals surface area contributed by atoms with Crippen molar-refractivity contribution in [1.82, 2.24) is 14.9 Å². The SMILES string of the molecule is CCc1cc2c(N3CCN(C=CC(=O)c4ccc(OC)cc4)CC3)ncnc2s1. The number of ether oxygens (including phenoxy) is 1. The highest BCUT2D eigenvalue weighted by Crippen LogP contribution is 2.30. The molecule has 7 heteroatoms. The highest BCUT2D eigenvalue weighted by molar-refractivity contribution is 7.18. The molecule has 0 bridgehead atoms. The van der Waals surface area contributed by atoms with Crippen molar-refractivity contribution in [2.24, 2.45) is 0 Å². The van der Waals surface area contributed by atoms with E-state index in [1.807, 2.05) is 6.20 Å². The Morgan fingerprint density at radius 1 is 1.17 bits per heavy atom. The van der Waals surface area contributed by atoms with Gasteiger partial charge in [-0.25, -0.2) is 9.97 Å². The fourth-order valence-electron chi connectivity index (χ4n) is 3.43. The molecule has 1 aliphatic heterocycles. The van der Waals surface area contributed by atoms with Crippen molar-refractivity contribution < 1.29 is 9.53 Å². The second kappa shape index (κ2) is 8.61. The van der Waals surface area contributed by atoms with Gasteiger partial charge in [0.05, 0.1) is 12.5 Å². The molecule has 29 heavy (non-hydrogen) atoms. The van der Waals surface area contributed by atoms with Crippen LogP contribution in [0.2, 0.25) is 0 Å². The number of rotatable bonds is 6. The molecule has 3 heterocycles. The van der Waals surface area contributed by atoms with Gasteiger partial charge in [0.1, 0.15) is 22.7 Å². The highest BCUT2D eigenvalue weighted by atomic mass is 32.1. The highest BCUT2D eigenvalue weighted by Gasteiger charge is 2.19. The number of methoxy groups -OCH3 is 1. The molecule has 0 unspecified atom stereocenters. The Morgan fingerprint density at radius 3 is 2.62 bits per heavy atom. The van der Waals surface area contributed by atoms with Gasteiger partial charge in [0.25, 0.3) is 0 Å². The number of allylic oxidation sites excluding steroid dienone is 1. The van der Waals surface area contributed by atoms with E-state index in [1.54, 1.807) is 55.1 Å². The second-order valence-corrected chi connectivity index (χ2v) is 8.03. The molecule has 0 N–H and O–H groups in total. The second-order valence-electron chi connectivity index (χ2n) is 6.91. The molecule has 3 aromatic rings. The van der Waals surface area contributed by atoms with E-state index in [1.165, 1.54) is 4.88 Å². The Balaban J connectivity index is 1.38. The van der Waals surface area contributed by atoms with E-state index in [0.717, 1.165) is 54.4 Å². The summed E-state index contributed by atoms with van der Waals surface area (Å²) in [4.78, 5) is 28.2. The topological polar surface area (TPSA) is 58.6 Å². The molecule has 6 nitrogen and oxygen atoms in total. The van der Waals surface area contributed by atoms with Crippen LogP contribution in [0.1, 0.15) is 22.2 Å². The largest absolute Gasteiger partial charge is 0.497 e. The first-order valence-corrected chi connectivity index (χ1v) is 10.6. The molecule has 150 valence electrons. The molecule has 0 saturated carbocycles. The van der Waals surface area contributed by atoms with E-state index in [-0.39, 0.29) is 5.78 Å². The van der Waals surface area contributed by atoms with E-state index in [4.69, 9.17) is 4.74 Å². The van der Waals surface area contributed by atoms with Crippen LogP contribution in [0.3, 0.4) is 0 Å². The van der Waals surface area contributed by atoms with Gasteiger partial charge >= 0.3 is 0 Å². The molecule has 0 atom stereocenters. The minimum absolute atomic E-state index is 0.00189. The summed E-state index contributed by atoms with van der Waals surface area (Å²) < 4.78 is 5.13. The first kappa shape index (κ1) is 19.4. The summed E-state index contributed by atoms with van der Waals surface area (Å²) >= 11 is 1.74.